The number of ether oxygens (including phenoxy) is 3. The molecule has 1 aliphatic heterocycles. The van der Waals surface area contributed by atoms with E-state index >= 15 is 0 Å². The van der Waals surface area contributed by atoms with Crippen LogP contribution >= 0.6 is 0 Å². The third-order valence-corrected chi connectivity index (χ3v) is 4.87. The van der Waals surface area contributed by atoms with Crippen LogP contribution in [-0.4, -0.2) is 47.0 Å². The summed E-state index contributed by atoms with van der Waals surface area (Å²) in [5.41, 5.74) is 0.138. The molecule has 1 amide bonds. The lowest BCUT2D eigenvalue weighted by molar-refractivity contribution is -0.0619. The second-order valence-electron chi connectivity index (χ2n) is 8.63. The highest BCUT2D eigenvalue weighted by atomic mass is 19.3. The van der Waals surface area contributed by atoms with Gasteiger partial charge in [0.05, 0.1) is 23.9 Å². The fourth-order valence-corrected chi connectivity index (χ4v) is 3.49. The highest BCUT2D eigenvalue weighted by molar-refractivity contribution is 5.89. The number of aromatic nitrogens is 2. The Hall–Kier alpha value is -3.08. The zero-order valence-corrected chi connectivity index (χ0v) is 19.0. The molecule has 2 heterocycles. The molecule has 1 saturated heterocycles. The van der Waals surface area contributed by atoms with Gasteiger partial charge in [0.25, 0.3) is 0 Å². The number of halogens is 3. The van der Waals surface area contributed by atoms with E-state index in [1.807, 2.05) is 20.8 Å². The molecule has 0 spiro atoms. The van der Waals surface area contributed by atoms with Crippen molar-refractivity contribution < 1.29 is 32.2 Å². The Bertz CT molecular complexity index is 986. The van der Waals surface area contributed by atoms with Crippen molar-refractivity contribution in [3.05, 3.63) is 41.8 Å². The molecule has 0 bridgehead atoms. The first-order valence-corrected chi connectivity index (χ1v) is 10.4. The largest absolute Gasteiger partial charge is 0.447 e. The molecular weight excluding hydrogens is 441 g/mol. The predicted molar refractivity (Wildman–Crippen MR) is 115 cm³/mol. The Morgan fingerprint density at radius 3 is 2.67 bits per heavy atom. The van der Waals surface area contributed by atoms with E-state index in [0.717, 1.165) is 11.1 Å². The lowest BCUT2D eigenvalue weighted by atomic mass is 10.1. The van der Waals surface area contributed by atoms with Crippen LogP contribution in [0.15, 0.2) is 30.5 Å². The van der Waals surface area contributed by atoms with Crippen molar-refractivity contribution in [1.29, 1.82) is 0 Å². The number of cyclic esters (lactones) is 1. The Balaban J connectivity index is 1.82. The zero-order valence-electron chi connectivity index (χ0n) is 19.0. The molecule has 3 rings (SSSR count). The van der Waals surface area contributed by atoms with E-state index in [0.29, 0.717) is 5.56 Å². The van der Waals surface area contributed by atoms with Crippen LogP contribution in [0.4, 0.5) is 29.7 Å². The minimum absolute atomic E-state index is 0.00681. The van der Waals surface area contributed by atoms with Crippen LogP contribution in [0, 0.1) is 5.82 Å². The molecule has 0 unspecified atom stereocenters. The minimum atomic E-state index is -2.94. The number of hydrogen-bond acceptors (Lipinski definition) is 7. The standard InChI is InChI=1S/C22H27F3N4O4/c1-12(14-7-6-8-15(9-14)32-19(24)25)27-20-26-10-16(23)18(28-20)29-17(11-31-21(29)30)13(2)33-22(3,4)5/h6-10,12-13,17,19H,11H2,1-5H3,(H,26,27,28)/t12-,13+,17+/m0/s1. The number of carbonyl (C=O) groups is 1. The molecule has 180 valence electrons. The average molecular weight is 468 g/mol. The van der Waals surface area contributed by atoms with Gasteiger partial charge in [0, 0.05) is 0 Å². The van der Waals surface area contributed by atoms with E-state index in [1.165, 1.54) is 12.1 Å². The molecule has 8 nitrogen and oxygen atoms in total. The highest BCUT2D eigenvalue weighted by Gasteiger charge is 2.41. The maximum Gasteiger partial charge on any atom is 0.416 e. The Kier molecular flexibility index (Phi) is 7.31. The third kappa shape index (κ3) is 6.25. The quantitative estimate of drug-likeness (QED) is 0.589. The van der Waals surface area contributed by atoms with Gasteiger partial charge in [-0.15, -0.1) is 0 Å². The first-order valence-electron chi connectivity index (χ1n) is 10.4. The number of amides is 1. The van der Waals surface area contributed by atoms with E-state index in [1.54, 1.807) is 26.0 Å². The van der Waals surface area contributed by atoms with E-state index < -0.39 is 42.3 Å². The number of alkyl halides is 2. The number of benzene rings is 1. The molecule has 1 N–H and O–H groups in total. The molecule has 1 aromatic heterocycles. The minimum Gasteiger partial charge on any atom is -0.447 e. The maximum atomic E-state index is 14.7. The van der Waals surface area contributed by atoms with Crippen LogP contribution in [0.2, 0.25) is 0 Å². The summed E-state index contributed by atoms with van der Waals surface area (Å²) in [6.45, 7) is 6.24. The van der Waals surface area contributed by atoms with Crippen LogP contribution < -0.4 is 15.0 Å². The van der Waals surface area contributed by atoms with Gasteiger partial charge in [-0.2, -0.15) is 13.8 Å². The molecule has 2 aromatic rings. The van der Waals surface area contributed by atoms with Gasteiger partial charge in [-0.3, -0.25) is 0 Å². The number of hydrogen-bond donors (Lipinski definition) is 1. The maximum absolute atomic E-state index is 14.7. The first-order chi connectivity index (χ1) is 15.4. The Morgan fingerprint density at radius 2 is 2.00 bits per heavy atom. The van der Waals surface area contributed by atoms with Crippen molar-refractivity contribution in [3.63, 3.8) is 0 Å². The second-order valence-corrected chi connectivity index (χ2v) is 8.63. The summed E-state index contributed by atoms with van der Waals surface area (Å²) < 4.78 is 55.2. The SMILES string of the molecule is C[C@H](Nc1ncc(F)c(N2C(=O)OC[C@@H]2[C@@H](C)OC(C)(C)C)n1)c1cccc(OC(F)F)c1. The Morgan fingerprint density at radius 1 is 1.27 bits per heavy atom. The molecule has 0 saturated carbocycles. The van der Waals surface area contributed by atoms with E-state index in [4.69, 9.17) is 9.47 Å². The molecule has 1 fully saturated rings. The molecule has 11 heteroatoms. The third-order valence-electron chi connectivity index (χ3n) is 4.87. The summed E-state index contributed by atoms with van der Waals surface area (Å²) in [7, 11) is 0. The molecule has 3 atom stereocenters. The van der Waals surface area contributed by atoms with E-state index in [9.17, 15) is 18.0 Å². The normalized spacial score (nSPS) is 18.3. The summed E-state index contributed by atoms with van der Waals surface area (Å²) in [4.78, 5) is 21.7. The summed E-state index contributed by atoms with van der Waals surface area (Å²) in [6.07, 6.45) is -0.248. The van der Waals surface area contributed by atoms with Crippen LogP contribution in [0.1, 0.15) is 46.2 Å². The molecule has 33 heavy (non-hydrogen) atoms. The predicted octanol–water partition coefficient (Wildman–Crippen LogP) is 4.92. The molecule has 0 aliphatic carbocycles. The van der Waals surface area contributed by atoms with Crippen LogP contribution in [0.25, 0.3) is 0 Å². The van der Waals surface area contributed by atoms with Gasteiger partial charge in [-0.1, -0.05) is 12.1 Å². The van der Waals surface area contributed by atoms with Gasteiger partial charge in [-0.05, 0) is 52.3 Å². The monoisotopic (exact) mass is 468 g/mol. The zero-order chi connectivity index (χ0) is 24.3. The van der Waals surface area contributed by atoms with Crippen LogP contribution in [0.5, 0.6) is 5.75 Å². The first kappa shape index (κ1) is 24.6. The van der Waals surface area contributed by atoms with Crippen molar-refractivity contribution in [2.24, 2.45) is 0 Å². The van der Waals surface area contributed by atoms with Crippen LogP contribution in [0.3, 0.4) is 0 Å². The number of carbonyl (C=O) groups excluding carboxylic acids is 1. The number of nitrogens with zero attached hydrogens (tertiary/aromatic N) is 3. The number of anilines is 2. The fourth-order valence-electron chi connectivity index (χ4n) is 3.49. The van der Waals surface area contributed by atoms with Gasteiger partial charge in [0.15, 0.2) is 11.6 Å². The lowest BCUT2D eigenvalue weighted by Gasteiger charge is -2.31. The molecular formula is C22H27F3N4O4. The van der Waals surface area contributed by atoms with Crippen molar-refractivity contribution in [2.75, 3.05) is 16.8 Å². The summed E-state index contributed by atoms with van der Waals surface area (Å²) in [5, 5.41) is 2.98. The van der Waals surface area contributed by atoms with Gasteiger partial charge >= 0.3 is 12.7 Å². The van der Waals surface area contributed by atoms with Gasteiger partial charge in [0.1, 0.15) is 18.4 Å². The van der Waals surface area contributed by atoms with E-state index in [2.05, 4.69) is 20.0 Å². The second kappa shape index (κ2) is 9.82. The van der Waals surface area contributed by atoms with Crippen molar-refractivity contribution >= 4 is 17.9 Å². The Labute approximate surface area is 190 Å². The lowest BCUT2D eigenvalue weighted by Crippen LogP contribution is -2.45. The van der Waals surface area contributed by atoms with Crippen molar-refractivity contribution in [3.8, 4) is 5.75 Å². The topological polar surface area (TPSA) is 85.8 Å². The van der Waals surface area contributed by atoms with Crippen molar-refractivity contribution in [2.45, 2.75) is 65.0 Å². The smallest absolute Gasteiger partial charge is 0.416 e. The number of nitrogens with one attached hydrogen (secondary N) is 1. The van der Waals surface area contributed by atoms with Gasteiger partial charge < -0.3 is 19.5 Å². The average Bonchev–Trinajstić information content (AvgIpc) is 3.09. The fraction of sp³-hybridized carbons (Fsp3) is 0.500. The molecule has 1 aromatic carbocycles. The molecule has 1 aliphatic rings. The number of rotatable bonds is 8. The van der Waals surface area contributed by atoms with E-state index in [-0.39, 0.29) is 24.1 Å². The summed E-state index contributed by atoms with van der Waals surface area (Å²) in [6, 6.07) is 5.12. The summed E-state index contributed by atoms with van der Waals surface area (Å²) in [5.74, 6) is -0.993. The summed E-state index contributed by atoms with van der Waals surface area (Å²) >= 11 is 0. The molecule has 0 radical (unpaired) electrons. The van der Waals surface area contributed by atoms with Crippen LogP contribution in [-0.2, 0) is 9.47 Å². The van der Waals surface area contributed by atoms with Crippen molar-refractivity contribution in [1.82, 2.24) is 9.97 Å². The van der Waals surface area contributed by atoms with Gasteiger partial charge in [-0.25, -0.2) is 19.1 Å². The van der Waals surface area contributed by atoms with Gasteiger partial charge in [0.2, 0.25) is 5.95 Å². The highest BCUT2D eigenvalue weighted by Crippen LogP contribution is 2.30.